The van der Waals surface area contributed by atoms with E-state index < -0.39 is 0 Å². The maximum Gasteiger partial charge on any atom is 0.226 e. The average molecular weight is 377 g/mol. The van der Waals surface area contributed by atoms with Gasteiger partial charge in [0.25, 0.3) is 0 Å². The van der Waals surface area contributed by atoms with Gasteiger partial charge in [-0.25, -0.2) is 4.68 Å². The zero-order valence-electron chi connectivity index (χ0n) is 16.4. The standard InChI is InChI=1S/C22H23N3O3/c1-13-8-9-15(10-14(13)2)25-22-18(12-23-25)17(11-20(26)24-22)16-6-5-7-19(27-3)21(16)28-4/h5-10,12,17H,11H2,1-4H3,(H,24,26). The number of hydrogen-bond donors (Lipinski definition) is 1. The number of aromatic nitrogens is 2. The number of hydrogen-bond acceptors (Lipinski definition) is 4. The summed E-state index contributed by atoms with van der Waals surface area (Å²) < 4.78 is 12.8. The minimum Gasteiger partial charge on any atom is -0.493 e. The Labute approximate surface area is 164 Å². The van der Waals surface area contributed by atoms with E-state index in [-0.39, 0.29) is 11.8 Å². The third-order valence-corrected chi connectivity index (χ3v) is 5.36. The molecular weight excluding hydrogens is 354 g/mol. The minimum absolute atomic E-state index is 0.0482. The number of anilines is 1. The summed E-state index contributed by atoms with van der Waals surface area (Å²) in [5.41, 5.74) is 5.19. The number of benzene rings is 2. The second kappa shape index (κ2) is 7.03. The molecule has 1 amide bonds. The van der Waals surface area contributed by atoms with Crippen molar-refractivity contribution in [3.8, 4) is 17.2 Å². The van der Waals surface area contributed by atoms with E-state index in [9.17, 15) is 4.79 Å². The molecule has 4 rings (SSSR count). The Balaban J connectivity index is 1.85. The summed E-state index contributed by atoms with van der Waals surface area (Å²) in [6.07, 6.45) is 2.16. The van der Waals surface area contributed by atoms with Crippen molar-refractivity contribution in [2.45, 2.75) is 26.2 Å². The van der Waals surface area contributed by atoms with Gasteiger partial charge >= 0.3 is 0 Å². The van der Waals surface area contributed by atoms with Crippen molar-refractivity contribution >= 4 is 11.7 Å². The zero-order valence-corrected chi connectivity index (χ0v) is 16.4. The Hall–Kier alpha value is -3.28. The first-order valence-corrected chi connectivity index (χ1v) is 9.19. The fourth-order valence-corrected chi connectivity index (χ4v) is 3.74. The van der Waals surface area contributed by atoms with Crippen molar-refractivity contribution in [2.75, 3.05) is 19.5 Å². The van der Waals surface area contributed by atoms with Crippen molar-refractivity contribution in [1.29, 1.82) is 0 Å². The number of ether oxygens (including phenoxy) is 2. The van der Waals surface area contributed by atoms with Crippen molar-refractivity contribution < 1.29 is 14.3 Å². The SMILES string of the molecule is COc1cccc(C2CC(=O)Nc3c2cnn3-c2ccc(C)c(C)c2)c1OC. The van der Waals surface area contributed by atoms with Crippen molar-refractivity contribution in [2.24, 2.45) is 0 Å². The molecule has 6 heteroatoms. The van der Waals surface area contributed by atoms with Crippen LogP contribution in [0.3, 0.4) is 0 Å². The molecule has 1 aliphatic rings. The van der Waals surface area contributed by atoms with Gasteiger partial charge in [0.15, 0.2) is 11.5 Å². The summed E-state index contributed by atoms with van der Waals surface area (Å²) in [4.78, 5) is 12.5. The minimum atomic E-state index is -0.158. The smallest absolute Gasteiger partial charge is 0.226 e. The Bertz CT molecular complexity index is 1060. The van der Waals surface area contributed by atoms with Gasteiger partial charge in [0, 0.05) is 23.5 Å². The molecule has 0 bridgehead atoms. The molecule has 0 saturated heterocycles. The number of nitrogens with zero attached hydrogens (tertiary/aromatic N) is 2. The van der Waals surface area contributed by atoms with E-state index in [0.717, 1.165) is 16.8 Å². The Morgan fingerprint density at radius 2 is 1.89 bits per heavy atom. The van der Waals surface area contributed by atoms with Gasteiger partial charge in [-0.2, -0.15) is 5.10 Å². The Morgan fingerprint density at radius 1 is 1.07 bits per heavy atom. The normalized spacial score (nSPS) is 15.7. The predicted octanol–water partition coefficient (Wildman–Crippen LogP) is 3.98. The maximum atomic E-state index is 12.5. The summed E-state index contributed by atoms with van der Waals surface area (Å²) in [7, 11) is 3.22. The van der Waals surface area contributed by atoms with E-state index >= 15 is 0 Å². The fraction of sp³-hybridized carbons (Fsp3) is 0.273. The van der Waals surface area contributed by atoms with Crippen LogP contribution in [0.5, 0.6) is 11.5 Å². The zero-order chi connectivity index (χ0) is 19.8. The topological polar surface area (TPSA) is 65.4 Å². The molecule has 1 atom stereocenters. The lowest BCUT2D eigenvalue weighted by Gasteiger charge is -2.25. The molecule has 3 aromatic rings. The van der Waals surface area contributed by atoms with Crippen LogP contribution in [0.4, 0.5) is 5.82 Å². The summed E-state index contributed by atoms with van der Waals surface area (Å²) in [6, 6.07) is 11.9. The largest absolute Gasteiger partial charge is 0.493 e. The van der Waals surface area contributed by atoms with Gasteiger partial charge in [0.1, 0.15) is 5.82 Å². The molecule has 6 nitrogen and oxygen atoms in total. The molecule has 2 heterocycles. The van der Waals surface area contributed by atoms with Gasteiger partial charge in [0.05, 0.1) is 26.1 Å². The number of rotatable bonds is 4. The first-order valence-electron chi connectivity index (χ1n) is 9.19. The van der Waals surface area contributed by atoms with Gasteiger partial charge in [-0.15, -0.1) is 0 Å². The summed E-state index contributed by atoms with van der Waals surface area (Å²) in [6.45, 7) is 4.14. The van der Waals surface area contributed by atoms with E-state index in [1.807, 2.05) is 30.5 Å². The van der Waals surface area contributed by atoms with E-state index in [4.69, 9.17) is 9.47 Å². The lowest BCUT2D eigenvalue weighted by molar-refractivity contribution is -0.116. The molecule has 0 spiro atoms. The number of nitrogens with one attached hydrogen (secondary N) is 1. The number of methoxy groups -OCH3 is 2. The Kier molecular flexibility index (Phi) is 4.55. The molecule has 0 radical (unpaired) electrons. The first-order chi connectivity index (χ1) is 13.5. The monoisotopic (exact) mass is 377 g/mol. The maximum absolute atomic E-state index is 12.5. The van der Waals surface area contributed by atoms with Crippen LogP contribution in [0.15, 0.2) is 42.6 Å². The van der Waals surface area contributed by atoms with Crippen LogP contribution < -0.4 is 14.8 Å². The average Bonchev–Trinajstić information content (AvgIpc) is 3.12. The summed E-state index contributed by atoms with van der Waals surface area (Å²) in [5, 5.41) is 7.57. The molecule has 1 N–H and O–H groups in total. The van der Waals surface area contributed by atoms with Crippen LogP contribution >= 0.6 is 0 Å². The molecule has 0 aliphatic carbocycles. The molecular formula is C22H23N3O3. The Morgan fingerprint density at radius 3 is 2.61 bits per heavy atom. The van der Waals surface area contributed by atoms with Crippen molar-refractivity contribution in [1.82, 2.24) is 9.78 Å². The molecule has 144 valence electrons. The quantitative estimate of drug-likeness (QED) is 0.747. The molecule has 2 aromatic carbocycles. The number of fused-ring (bicyclic) bond motifs is 1. The molecule has 1 aromatic heterocycles. The van der Waals surface area contributed by atoms with E-state index in [2.05, 4.69) is 36.4 Å². The highest BCUT2D eigenvalue weighted by Crippen LogP contribution is 2.44. The second-order valence-corrected chi connectivity index (χ2v) is 7.02. The van der Waals surface area contributed by atoms with Crippen molar-refractivity contribution in [3.63, 3.8) is 0 Å². The molecule has 1 aliphatic heterocycles. The van der Waals surface area contributed by atoms with Gasteiger partial charge in [-0.3, -0.25) is 4.79 Å². The number of amides is 1. The van der Waals surface area contributed by atoms with Crippen molar-refractivity contribution in [3.05, 3.63) is 64.8 Å². The summed E-state index contributed by atoms with van der Waals surface area (Å²) in [5.74, 6) is 1.79. The highest BCUT2D eigenvalue weighted by Gasteiger charge is 2.32. The van der Waals surface area contributed by atoms with E-state index in [1.165, 1.54) is 11.1 Å². The summed E-state index contributed by atoms with van der Waals surface area (Å²) >= 11 is 0. The van der Waals surface area contributed by atoms with Gasteiger partial charge in [0.2, 0.25) is 5.91 Å². The van der Waals surface area contributed by atoms with E-state index in [1.54, 1.807) is 18.9 Å². The van der Waals surface area contributed by atoms with Gasteiger partial charge in [-0.1, -0.05) is 18.2 Å². The molecule has 1 unspecified atom stereocenters. The lowest BCUT2D eigenvalue weighted by Crippen LogP contribution is -2.25. The first kappa shape index (κ1) is 18.1. The fourth-order valence-electron chi connectivity index (χ4n) is 3.74. The lowest BCUT2D eigenvalue weighted by atomic mass is 9.86. The van der Waals surface area contributed by atoms with Gasteiger partial charge < -0.3 is 14.8 Å². The van der Waals surface area contributed by atoms with Crippen LogP contribution in [0, 0.1) is 13.8 Å². The predicted molar refractivity (Wildman–Crippen MR) is 108 cm³/mol. The second-order valence-electron chi connectivity index (χ2n) is 7.02. The van der Waals surface area contributed by atoms with Crippen LogP contribution in [-0.2, 0) is 4.79 Å². The van der Waals surface area contributed by atoms with Gasteiger partial charge in [-0.05, 0) is 43.2 Å². The number of para-hydroxylation sites is 1. The van der Waals surface area contributed by atoms with Crippen LogP contribution in [-0.4, -0.2) is 29.9 Å². The highest BCUT2D eigenvalue weighted by molar-refractivity contribution is 5.95. The third-order valence-electron chi connectivity index (χ3n) is 5.36. The number of carbonyl (C=O) groups excluding carboxylic acids is 1. The highest BCUT2D eigenvalue weighted by atomic mass is 16.5. The number of carbonyl (C=O) groups is 1. The molecule has 28 heavy (non-hydrogen) atoms. The molecule has 0 fully saturated rings. The van der Waals surface area contributed by atoms with Crippen LogP contribution in [0.2, 0.25) is 0 Å². The van der Waals surface area contributed by atoms with Crippen LogP contribution in [0.1, 0.15) is 34.6 Å². The van der Waals surface area contributed by atoms with E-state index in [0.29, 0.717) is 23.7 Å². The number of aryl methyl sites for hydroxylation is 2. The van der Waals surface area contributed by atoms with Crippen LogP contribution in [0.25, 0.3) is 5.69 Å². The third kappa shape index (κ3) is 2.91. The molecule has 0 saturated carbocycles.